The minimum absolute atomic E-state index is 0.259. The van der Waals surface area contributed by atoms with Crippen molar-refractivity contribution in [3.63, 3.8) is 0 Å². The lowest BCUT2D eigenvalue weighted by Gasteiger charge is -2.36. The van der Waals surface area contributed by atoms with E-state index in [1.54, 1.807) is 0 Å². The molecule has 8 heteroatoms. The molecule has 0 aliphatic carbocycles. The molecule has 0 radical (unpaired) electrons. The van der Waals surface area contributed by atoms with Crippen LogP contribution >= 0.6 is 0 Å². The van der Waals surface area contributed by atoms with Crippen molar-refractivity contribution in [2.45, 2.75) is 37.5 Å². The van der Waals surface area contributed by atoms with Gasteiger partial charge >= 0.3 is 0 Å². The Kier molecular flexibility index (Phi) is 7.45. The van der Waals surface area contributed by atoms with Crippen molar-refractivity contribution in [2.24, 2.45) is 0 Å². The Labute approximate surface area is 131 Å². The van der Waals surface area contributed by atoms with Crippen LogP contribution in [0.15, 0.2) is 0 Å². The van der Waals surface area contributed by atoms with Crippen LogP contribution in [0.5, 0.6) is 0 Å². The molecular formula is C14H30N4O4. The molecule has 22 heavy (non-hydrogen) atoms. The zero-order chi connectivity index (χ0) is 15.9. The highest BCUT2D eigenvalue weighted by atomic mass is 16.4. The second-order valence-corrected chi connectivity index (χ2v) is 6.11. The van der Waals surface area contributed by atoms with E-state index in [2.05, 4.69) is 10.6 Å². The van der Waals surface area contributed by atoms with Crippen LogP contribution < -0.4 is 10.6 Å². The average molecular weight is 318 g/mol. The summed E-state index contributed by atoms with van der Waals surface area (Å²) < 4.78 is 0. The van der Waals surface area contributed by atoms with E-state index in [1.165, 1.54) is 0 Å². The Morgan fingerprint density at radius 3 is 1.27 bits per heavy atom. The predicted octanol–water partition coefficient (Wildman–Crippen LogP) is -3.06. The van der Waals surface area contributed by atoms with E-state index in [0.717, 1.165) is 26.2 Å². The van der Waals surface area contributed by atoms with Gasteiger partial charge in [-0.25, -0.2) is 0 Å². The summed E-state index contributed by atoms with van der Waals surface area (Å²) >= 11 is 0. The lowest BCUT2D eigenvalue weighted by molar-refractivity contribution is -0.110. The van der Waals surface area contributed by atoms with E-state index in [4.69, 9.17) is 0 Å². The number of hydrogen-bond acceptors (Lipinski definition) is 8. The summed E-state index contributed by atoms with van der Waals surface area (Å²) in [5, 5.41) is 46.8. The molecule has 0 aromatic rings. The van der Waals surface area contributed by atoms with Crippen molar-refractivity contribution in [2.75, 3.05) is 52.4 Å². The van der Waals surface area contributed by atoms with Gasteiger partial charge in [0.2, 0.25) is 0 Å². The fraction of sp³-hybridized carbons (Fsp3) is 1.00. The van der Waals surface area contributed by atoms with Crippen LogP contribution in [-0.4, -0.2) is 107 Å². The Bertz CT molecular complexity index is 281. The molecule has 4 unspecified atom stereocenters. The van der Waals surface area contributed by atoms with E-state index in [0.29, 0.717) is 26.2 Å². The number of aliphatic hydroxyl groups excluding tert-OH is 4. The summed E-state index contributed by atoms with van der Waals surface area (Å²) in [6, 6.07) is 0. The summed E-state index contributed by atoms with van der Waals surface area (Å²) in [4.78, 5) is 3.67. The molecule has 0 spiro atoms. The van der Waals surface area contributed by atoms with E-state index in [1.807, 2.05) is 9.80 Å². The Balaban J connectivity index is 1.70. The van der Waals surface area contributed by atoms with Gasteiger partial charge in [-0.2, -0.15) is 0 Å². The minimum atomic E-state index is -0.914. The van der Waals surface area contributed by atoms with Gasteiger partial charge in [0.05, 0.1) is 12.2 Å². The van der Waals surface area contributed by atoms with E-state index in [9.17, 15) is 20.4 Å². The number of hydrogen-bond donors (Lipinski definition) is 6. The van der Waals surface area contributed by atoms with Gasteiger partial charge in [-0.05, 0) is 12.8 Å². The molecule has 0 aromatic carbocycles. The van der Waals surface area contributed by atoms with E-state index < -0.39 is 24.7 Å². The van der Waals surface area contributed by atoms with Gasteiger partial charge in [-0.15, -0.1) is 0 Å². The smallest absolute Gasteiger partial charge is 0.133 e. The highest BCUT2D eigenvalue weighted by molar-refractivity contribution is 4.78. The van der Waals surface area contributed by atoms with Gasteiger partial charge in [0, 0.05) is 52.4 Å². The van der Waals surface area contributed by atoms with Gasteiger partial charge in [0.15, 0.2) is 0 Å². The highest BCUT2D eigenvalue weighted by Crippen LogP contribution is 2.14. The van der Waals surface area contributed by atoms with Gasteiger partial charge < -0.3 is 31.1 Å². The first kappa shape index (κ1) is 18.0. The van der Waals surface area contributed by atoms with Crippen LogP contribution in [0.4, 0.5) is 0 Å². The molecule has 2 fully saturated rings. The van der Waals surface area contributed by atoms with E-state index >= 15 is 0 Å². The molecule has 4 atom stereocenters. The van der Waals surface area contributed by atoms with Crippen molar-refractivity contribution in [3.8, 4) is 0 Å². The Morgan fingerprint density at radius 2 is 0.955 bits per heavy atom. The van der Waals surface area contributed by atoms with Crippen molar-refractivity contribution in [1.82, 2.24) is 20.4 Å². The monoisotopic (exact) mass is 318 g/mol. The quantitative estimate of drug-likeness (QED) is 0.293. The maximum atomic E-state index is 10.1. The van der Waals surface area contributed by atoms with E-state index in [-0.39, 0.29) is 12.8 Å². The standard InChI is InChI=1S/C14H30N4O4/c19-11(13(21)17-7-3-15-4-8-17)1-2-12(20)14(22)18-9-5-16-6-10-18/h11-16,19-22H,1-10H2. The number of nitrogens with one attached hydrogen (secondary N) is 2. The Hall–Kier alpha value is -0.320. The number of rotatable bonds is 7. The molecule has 0 saturated carbocycles. The molecule has 0 amide bonds. The molecule has 8 nitrogen and oxygen atoms in total. The maximum absolute atomic E-state index is 10.1. The summed E-state index contributed by atoms with van der Waals surface area (Å²) in [5.41, 5.74) is 0. The second-order valence-electron chi connectivity index (χ2n) is 6.11. The lowest BCUT2D eigenvalue weighted by atomic mass is 10.1. The molecular weight excluding hydrogens is 288 g/mol. The number of aliphatic hydroxyl groups is 4. The fourth-order valence-electron chi connectivity index (χ4n) is 3.02. The molecule has 6 N–H and O–H groups in total. The molecule has 130 valence electrons. The maximum Gasteiger partial charge on any atom is 0.133 e. The minimum Gasteiger partial charge on any atom is -0.389 e. The van der Waals surface area contributed by atoms with Gasteiger partial charge in [0.1, 0.15) is 12.5 Å². The third kappa shape index (κ3) is 5.10. The number of nitrogens with zero attached hydrogens (tertiary/aromatic N) is 2. The van der Waals surface area contributed by atoms with Gasteiger partial charge in [-0.1, -0.05) is 0 Å². The van der Waals surface area contributed by atoms with Crippen molar-refractivity contribution >= 4 is 0 Å². The first-order valence-electron chi connectivity index (χ1n) is 8.21. The predicted molar refractivity (Wildman–Crippen MR) is 82.1 cm³/mol. The molecule has 2 rings (SSSR count). The van der Waals surface area contributed by atoms with Gasteiger partial charge in [-0.3, -0.25) is 9.80 Å². The summed E-state index contributed by atoms with van der Waals surface area (Å²) in [6.45, 7) is 5.99. The molecule has 0 bridgehead atoms. The zero-order valence-corrected chi connectivity index (χ0v) is 13.1. The Morgan fingerprint density at radius 1 is 0.636 bits per heavy atom. The third-order valence-corrected chi connectivity index (χ3v) is 4.50. The highest BCUT2D eigenvalue weighted by Gasteiger charge is 2.28. The van der Waals surface area contributed by atoms with Crippen LogP contribution in [0.1, 0.15) is 12.8 Å². The summed E-state index contributed by atoms with van der Waals surface area (Å²) in [5.74, 6) is 0. The van der Waals surface area contributed by atoms with Crippen molar-refractivity contribution in [1.29, 1.82) is 0 Å². The van der Waals surface area contributed by atoms with Crippen LogP contribution in [0.2, 0.25) is 0 Å². The molecule has 2 aliphatic heterocycles. The second kappa shape index (κ2) is 9.09. The fourth-order valence-corrected chi connectivity index (χ4v) is 3.02. The van der Waals surface area contributed by atoms with Crippen LogP contribution in [0.3, 0.4) is 0 Å². The van der Waals surface area contributed by atoms with Crippen molar-refractivity contribution in [3.05, 3.63) is 0 Å². The topological polar surface area (TPSA) is 111 Å². The first-order valence-corrected chi connectivity index (χ1v) is 8.21. The molecule has 2 heterocycles. The average Bonchev–Trinajstić information content (AvgIpc) is 2.59. The third-order valence-electron chi connectivity index (χ3n) is 4.50. The van der Waals surface area contributed by atoms with Crippen LogP contribution in [-0.2, 0) is 0 Å². The van der Waals surface area contributed by atoms with Crippen LogP contribution in [0.25, 0.3) is 0 Å². The van der Waals surface area contributed by atoms with Gasteiger partial charge in [0.25, 0.3) is 0 Å². The molecule has 2 aliphatic rings. The molecule has 2 saturated heterocycles. The summed E-state index contributed by atoms with van der Waals surface area (Å²) in [7, 11) is 0. The number of piperazine rings is 2. The normalized spacial score (nSPS) is 27.3. The van der Waals surface area contributed by atoms with Crippen LogP contribution in [0, 0.1) is 0 Å². The zero-order valence-electron chi connectivity index (χ0n) is 13.1. The largest absolute Gasteiger partial charge is 0.389 e. The molecule has 0 aromatic heterocycles. The van der Waals surface area contributed by atoms with Crippen molar-refractivity contribution < 1.29 is 20.4 Å². The first-order chi connectivity index (χ1) is 10.6. The summed E-state index contributed by atoms with van der Waals surface area (Å²) in [6.07, 6.45) is -3.13. The lowest BCUT2D eigenvalue weighted by Crippen LogP contribution is -2.53. The SMILES string of the molecule is OC(CCC(O)C(O)N1CCNCC1)C(O)N1CCNCC1.